The predicted molar refractivity (Wildman–Crippen MR) is 292 cm³/mol. The van der Waals surface area contributed by atoms with Crippen LogP contribution in [0.15, 0.2) is 83.9 Å². The number of hydrogen-bond donors (Lipinski definition) is 16. The third kappa shape index (κ3) is 25.1. The van der Waals surface area contributed by atoms with Gasteiger partial charge in [0.2, 0.25) is 41.4 Å². The Morgan fingerprint density at radius 3 is 1.22 bits per heavy atom. The molecule has 3 rings (SSSR count). The maximum atomic E-state index is 14.7. The number of nitrogens with zero attached hydrogens (tertiary/aromatic N) is 1. The maximum Gasteiger partial charge on any atom is 0.326 e. The first-order valence-corrected chi connectivity index (χ1v) is 26.6. The minimum absolute atomic E-state index is 0.00981. The van der Waals surface area contributed by atoms with Gasteiger partial charge in [-0.25, -0.2) is 4.79 Å². The minimum atomic E-state index is -1.81. The number of nitrogens with two attached hydrogens (primary N) is 3. The molecule has 0 fully saturated rings. The summed E-state index contributed by atoms with van der Waals surface area (Å²) in [6.07, 6.45) is -2.83. The van der Waals surface area contributed by atoms with Crippen LogP contribution in [0.3, 0.4) is 0 Å². The van der Waals surface area contributed by atoms with Gasteiger partial charge >= 0.3 is 23.9 Å². The quantitative estimate of drug-likeness (QED) is 0.0169. The van der Waals surface area contributed by atoms with Crippen LogP contribution >= 0.6 is 11.8 Å². The molecule has 0 bridgehead atoms. The summed E-state index contributed by atoms with van der Waals surface area (Å²) in [4.78, 5) is 150. The van der Waals surface area contributed by atoms with Gasteiger partial charge in [0.1, 0.15) is 53.8 Å². The third-order valence-electron chi connectivity index (χ3n) is 12.0. The van der Waals surface area contributed by atoms with E-state index in [-0.39, 0.29) is 62.5 Å². The van der Waals surface area contributed by atoms with Gasteiger partial charge in [-0.05, 0) is 85.1 Å². The number of nitrogens with one attached hydrogen (secondary N) is 7. The van der Waals surface area contributed by atoms with E-state index in [1.807, 2.05) is 0 Å². The molecule has 28 nitrogen and oxygen atoms in total. The van der Waals surface area contributed by atoms with Crippen molar-refractivity contribution in [3.8, 4) is 11.5 Å². The van der Waals surface area contributed by atoms with Crippen LogP contribution in [-0.2, 0) is 72.0 Å². The number of aliphatic imine (C=N–C) groups is 1. The number of phenolic OH excluding ortho intramolecular Hbond substituents is 2. The minimum Gasteiger partial charge on any atom is -0.508 e. The van der Waals surface area contributed by atoms with Crippen LogP contribution in [0.5, 0.6) is 11.5 Å². The molecule has 0 saturated heterocycles. The number of amides is 7. The number of guanidine groups is 1. The van der Waals surface area contributed by atoms with Crippen molar-refractivity contribution < 1.29 is 83.4 Å². The van der Waals surface area contributed by atoms with Gasteiger partial charge in [0.15, 0.2) is 5.96 Å². The van der Waals surface area contributed by atoms with E-state index in [0.29, 0.717) is 22.4 Å². The van der Waals surface area contributed by atoms with E-state index in [4.69, 9.17) is 17.2 Å². The molecule has 0 aliphatic rings. The number of aromatic hydroxyl groups is 2. The Morgan fingerprint density at radius 2 is 0.840 bits per heavy atom. The summed E-state index contributed by atoms with van der Waals surface area (Å²) >= 11 is 1.39. The Hall–Kier alpha value is -8.99. The zero-order valence-electron chi connectivity index (χ0n) is 44.1. The fraction of sp³-hybridized carbons (Fsp3) is 0.423. The van der Waals surface area contributed by atoms with Crippen LogP contribution in [0.2, 0.25) is 0 Å². The molecular formula is C52H69N11O17S. The van der Waals surface area contributed by atoms with Gasteiger partial charge in [0, 0.05) is 38.6 Å². The van der Waals surface area contributed by atoms with Crippen LogP contribution in [0.25, 0.3) is 0 Å². The monoisotopic (exact) mass is 1150 g/mol. The summed E-state index contributed by atoms with van der Waals surface area (Å²) in [6.45, 7) is -0.00981. The zero-order chi connectivity index (χ0) is 60.2. The van der Waals surface area contributed by atoms with Gasteiger partial charge < -0.3 is 85.1 Å². The molecular weight excluding hydrogens is 1080 g/mol. The average Bonchev–Trinajstić information content (AvgIpc) is 3.43. The second kappa shape index (κ2) is 34.1. The first-order valence-electron chi connectivity index (χ1n) is 25.3. The lowest BCUT2D eigenvalue weighted by molar-refractivity contribution is -0.143. The first kappa shape index (κ1) is 66.3. The van der Waals surface area contributed by atoms with E-state index in [0.717, 1.165) is 0 Å². The number of carbonyl (C=O) groups excluding carboxylic acids is 7. The summed E-state index contributed by atoms with van der Waals surface area (Å²) in [7, 11) is 0. The van der Waals surface area contributed by atoms with Gasteiger partial charge in [-0.1, -0.05) is 54.6 Å². The zero-order valence-corrected chi connectivity index (χ0v) is 44.9. The highest BCUT2D eigenvalue weighted by Gasteiger charge is 2.36. The lowest BCUT2D eigenvalue weighted by Crippen LogP contribution is -2.61. The van der Waals surface area contributed by atoms with Crippen molar-refractivity contribution in [1.82, 2.24) is 37.2 Å². The largest absolute Gasteiger partial charge is 0.508 e. The van der Waals surface area contributed by atoms with E-state index in [2.05, 4.69) is 42.2 Å². The molecule has 440 valence electrons. The molecule has 0 radical (unpaired) electrons. The summed E-state index contributed by atoms with van der Waals surface area (Å²) in [5.74, 6) is -13.5. The molecule has 0 saturated carbocycles. The normalized spacial score (nSPS) is 13.8. The lowest BCUT2D eigenvalue weighted by Gasteiger charge is -2.28. The number of hydrogen-bond acceptors (Lipinski definition) is 16. The molecule has 3 aromatic carbocycles. The molecule has 0 unspecified atom stereocenters. The van der Waals surface area contributed by atoms with E-state index >= 15 is 0 Å². The van der Waals surface area contributed by atoms with Crippen LogP contribution in [0, 0.1) is 0 Å². The fourth-order valence-corrected chi connectivity index (χ4v) is 8.21. The van der Waals surface area contributed by atoms with Gasteiger partial charge in [0.05, 0.1) is 12.5 Å². The summed E-state index contributed by atoms with van der Waals surface area (Å²) < 4.78 is 0. The lowest BCUT2D eigenvalue weighted by atomic mass is 10.00. The first-order chi connectivity index (χ1) is 38.3. The van der Waals surface area contributed by atoms with E-state index in [9.17, 15) is 83.4 Å². The number of benzene rings is 3. The molecule has 8 atom stereocenters. The van der Waals surface area contributed by atoms with Crippen LogP contribution in [-0.4, -0.2) is 169 Å². The number of carbonyl (C=O) groups is 11. The molecule has 0 heterocycles. The smallest absolute Gasteiger partial charge is 0.326 e. The van der Waals surface area contributed by atoms with Crippen molar-refractivity contribution in [3.63, 3.8) is 0 Å². The summed E-state index contributed by atoms with van der Waals surface area (Å²) in [5, 5.41) is 75.5. The Labute approximate surface area is 468 Å². The highest BCUT2D eigenvalue weighted by molar-refractivity contribution is 7.98. The molecule has 3 aromatic rings. The number of thioether (sulfide) groups is 1. The summed E-state index contributed by atoms with van der Waals surface area (Å²) in [6, 6.07) is 5.91. The summed E-state index contributed by atoms with van der Waals surface area (Å²) in [5.41, 5.74) is 17.7. The molecule has 7 amide bonds. The average molecular weight is 1150 g/mol. The Balaban J connectivity index is 2.05. The number of carboxylic acids is 4. The maximum absolute atomic E-state index is 14.7. The molecule has 0 aliphatic carbocycles. The van der Waals surface area contributed by atoms with E-state index < -0.39 is 146 Å². The predicted octanol–water partition coefficient (Wildman–Crippen LogP) is -2.06. The van der Waals surface area contributed by atoms with Crippen LogP contribution in [0.4, 0.5) is 0 Å². The second-order valence-corrected chi connectivity index (χ2v) is 19.5. The van der Waals surface area contributed by atoms with Crippen molar-refractivity contribution in [3.05, 3.63) is 95.6 Å². The van der Waals surface area contributed by atoms with Gasteiger partial charge in [-0.15, -0.1) is 0 Å². The molecule has 81 heavy (non-hydrogen) atoms. The Morgan fingerprint density at radius 1 is 0.469 bits per heavy atom. The highest BCUT2D eigenvalue weighted by atomic mass is 32.2. The molecule has 0 aromatic heterocycles. The molecule has 19 N–H and O–H groups in total. The highest BCUT2D eigenvalue weighted by Crippen LogP contribution is 2.16. The SMILES string of the molecule is CSCC[C@H](N)C(=O)N[C@@H](CC(=O)O)C(=O)N[C@@H](Cc1ccc(O)cc1)C(=O)N[C@@H](Cc1ccc(O)cc1)C(=O)N[C@@H](Cc1ccccc1)C(=O)N[C@@H](CCC(=O)O)C(=O)N[C@@H](CCC(=O)O)C(=O)N[C@@H](CCCN=C(N)N)C(=O)O. The van der Waals surface area contributed by atoms with Crippen LogP contribution < -0.4 is 54.4 Å². The van der Waals surface area contributed by atoms with Crippen molar-refractivity contribution in [2.45, 2.75) is 119 Å². The number of carboxylic acid groups (broad SMARTS) is 4. The second-order valence-electron chi connectivity index (χ2n) is 18.5. The van der Waals surface area contributed by atoms with Crippen molar-refractivity contribution in [2.75, 3.05) is 18.6 Å². The Kier molecular flexibility index (Phi) is 27.9. The van der Waals surface area contributed by atoms with Gasteiger partial charge in [-0.3, -0.25) is 52.9 Å². The number of phenols is 2. The fourth-order valence-electron chi connectivity index (χ4n) is 7.72. The van der Waals surface area contributed by atoms with Crippen molar-refractivity contribution >= 4 is 82.9 Å². The molecule has 0 aliphatic heterocycles. The van der Waals surface area contributed by atoms with Crippen LogP contribution in [0.1, 0.15) is 68.1 Å². The third-order valence-corrected chi connectivity index (χ3v) is 12.7. The molecule has 29 heteroatoms. The van der Waals surface area contributed by atoms with Gasteiger partial charge in [-0.2, -0.15) is 11.8 Å². The topological polar surface area (TPSA) is 484 Å². The van der Waals surface area contributed by atoms with E-state index in [1.54, 1.807) is 36.6 Å². The van der Waals surface area contributed by atoms with Crippen molar-refractivity contribution in [1.29, 1.82) is 0 Å². The molecule has 0 spiro atoms. The van der Waals surface area contributed by atoms with E-state index in [1.165, 1.54) is 60.3 Å². The standard InChI is InChI=1S/C52H69N11O17S/c1-81-23-21-33(53)44(72)60-40(27-43(70)71)50(78)63-39(26-30-11-15-32(65)16-12-30)49(77)62-38(25-29-9-13-31(64)14-10-29)48(76)61-37(24-28-6-3-2-4-7-28)47(75)58-34(17-19-41(66)67)45(73)57-35(18-20-42(68)69)46(74)59-36(51(79)80)8-5-22-56-52(54)55/h2-4,6-7,9-16,33-40,64-65H,5,8,17-27,53H2,1H3,(H,57,73)(H,58,75)(H,59,74)(H,60,72)(H,61,76)(H,62,77)(H,63,78)(H,66,67)(H,68,69)(H,70,71)(H,79,80)(H4,54,55,56)/t33-,34-,35-,36-,37-,38-,39-,40-/m0/s1. The number of aliphatic carboxylic acids is 4. The van der Waals surface area contributed by atoms with Gasteiger partial charge in [0.25, 0.3) is 0 Å². The number of rotatable bonds is 36. The van der Waals surface area contributed by atoms with Crippen molar-refractivity contribution in [2.24, 2.45) is 22.2 Å². The Bertz CT molecular complexity index is 2680.